The Morgan fingerprint density at radius 2 is 2.26 bits per heavy atom. The van der Waals surface area contributed by atoms with Crippen LogP contribution in [0.5, 0.6) is 0 Å². The largest absolute Gasteiger partial charge is 0.391 e. The molecule has 1 aromatic rings. The first-order valence-electron chi connectivity index (χ1n) is 6.67. The molecule has 2 rings (SSSR count). The Morgan fingerprint density at radius 3 is 2.84 bits per heavy atom. The van der Waals surface area contributed by atoms with Crippen molar-refractivity contribution in [2.24, 2.45) is 5.73 Å². The highest BCUT2D eigenvalue weighted by Crippen LogP contribution is 2.24. The summed E-state index contributed by atoms with van der Waals surface area (Å²) in [6.45, 7) is 1.85. The highest BCUT2D eigenvalue weighted by atomic mass is 32.1. The predicted octanol–water partition coefficient (Wildman–Crippen LogP) is 1.54. The summed E-state index contributed by atoms with van der Waals surface area (Å²) in [4.78, 5) is 18.2. The van der Waals surface area contributed by atoms with Crippen LogP contribution in [0.2, 0.25) is 0 Å². The van der Waals surface area contributed by atoms with Crippen molar-refractivity contribution in [3.05, 3.63) is 16.1 Å². The van der Waals surface area contributed by atoms with E-state index in [1.165, 1.54) is 11.3 Å². The minimum atomic E-state index is -0.422. The molecule has 19 heavy (non-hydrogen) atoms. The number of aromatic nitrogens is 1. The number of nitrogens with two attached hydrogens (primary N) is 1. The Morgan fingerprint density at radius 1 is 1.58 bits per heavy atom. The number of likely N-dealkylation sites (N-methyl/N-ethyl adjacent to an activating group) is 1. The van der Waals surface area contributed by atoms with Crippen LogP contribution in [0.4, 0.5) is 0 Å². The van der Waals surface area contributed by atoms with Crippen LogP contribution >= 0.6 is 11.3 Å². The number of hydrogen-bond donors (Lipinski definition) is 2. The molecule has 106 valence electrons. The molecule has 0 aromatic carbocycles. The van der Waals surface area contributed by atoms with Crippen LogP contribution in [0, 0.1) is 0 Å². The molecular weight excluding hydrogens is 262 g/mol. The van der Waals surface area contributed by atoms with Gasteiger partial charge in [0.1, 0.15) is 10.7 Å². The van der Waals surface area contributed by atoms with E-state index in [0.29, 0.717) is 5.69 Å². The highest BCUT2D eigenvalue weighted by Gasteiger charge is 2.30. The number of aliphatic hydroxyl groups is 1. The van der Waals surface area contributed by atoms with Crippen molar-refractivity contribution >= 4 is 17.2 Å². The zero-order valence-corrected chi connectivity index (χ0v) is 12.2. The molecule has 1 aliphatic rings. The Hall–Kier alpha value is -0.980. The topological polar surface area (TPSA) is 79.5 Å². The third kappa shape index (κ3) is 3.13. The van der Waals surface area contributed by atoms with Crippen molar-refractivity contribution in [2.45, 2.75) is 50.8 Å². The molecule has 3 unspecified atom stereocenters. The third-order valence-electron chi connectivity index (χ3n) is 3.64. The summed E-state index contributed by atoms with van der Waals surface area (Å²) < 4.78 is 0. The molecule has 5 nitrogen and oxygen atoms in total. The maximum Gasteiger partial charge on any atom is 0.273 e. The third-order valence-corrected chi connectivity index (χ3v) is 4.69. The van der Waals surface area contributed by atoms with Gasteiger partial charge in [-0.3, -0.25) is 4.79 Å². The van der Waals surface area contributed by atoms with Crippen LogP contribution < -0.4 is 5.73 Å². The van der Waals surface area contributed by atoms with Crippen LogP contribution in [-0.2, 0) is 0 Å². The molecule has 0 spiro atoms. The zero-order chi connectivity index (χ0) is 14.0. The molecule has 0 radical (unpaired) electrons. The maximum absolute atomic E-state index is 12.3. The fourth-order valence-electron chi connectivity index (χ4n) is 2.47. The summed E-state index contributed by atoms with van der Waals surface area (Å²) in [7, 11) is 1.74. The number of rotatable bonds is 3. The molecule has 1 fully saturated rings. The average Bonchev–Trinajstić information content (AvgIpc) is 2.87. The first kappa shape index (κ1) is 14.4. The van der Waals surface area contributed by atoms with Gasteiger partial charge in [0.2, 0.25) is 0 Å². The fourth-order valence-corrected chi connectivity index (χ4v) is 3.22. The van der Waals surface area contributed by atoms with Crippen molar-refractivity contribution in [3.8, 4) is 0 Å². The van der Waals surface area contributed by atoms with Gasteiger partial charge in [0.05, 0.1) is 18.2 Å². The zero-order valence-electron chi connectivity index (χ0n) is 11.4. The average molecular weight is 283 g/mol. The van der Waals surface area contributed by atoms with Gasteiger partial charge in [-0.1, -0.05) is 12.8 Å². The second-order valence-corrected chi connectivity index (χ2v) is 6.08. The first-order chi connectivity index (χ1) is 9.00. The normalized spacial score (nSPS) is 25.1. The molecule has 0 aliphatic heterocycles. The summed E-state index contributed by atoms with van der Waals surface area (Å²) in [5, 5.41) is 12.5. The van der Waals surface area contributed by atoms with Crippen molar-refractivity contribution in [1.82, 2.24) is 9.88 Å². The second kappa shape index (κ2) is 5.98. The predicted molar refractivity (Wildman–Crippen MR) is 75.1 cm³/mol. The van der Waals surface area contributed by atoms with Crippen molar-refractivity contribution in [3.63, 3.8) is 0 Å². The molecule has 1 aliphatic carbocycles. The number of thiazole rings is 1. The summed E-state index contributed by atoms with van der Waals surface area (Å²) in [6, 6.07) is -0.251. The van der Waals surface area contributed by atoms with Gasteiger partial charge < -0.3 is 15.7 Å². The van der Waals surface area contributed by atoms with Crippen molar-refractivity contribution < 1.29 is 9.90 Å². The van der Waals surface area contributed by atoms with Crippen LogP contribution in [0.25, 0.3) is 0 Å². The second-order valence-electron chi connectivity index (χ2n) is 5.19. The minimum Gasteiger partial charge on any atom is -0.391 e. The molecule has 6 heteroatoms. The van der Waals surface area contributed by atoms with E-state index in [2.05, 4.69) is 4.98 Å². The van der Waals surface area contributed by atoms with Gasteiger partial charge in [-0.2, -0.15) is 0 Å². The Bertz CT molecular complexity index is 447. The van der Waals surface area contributed by atoms with E-state index in [4.69, 9.17) is 5.73 Å². The lowest BCUT2D eigenvalue weighted by Crippen LogP contribution is -2.46. The molecule has 0 bridgehead atoms. The van der Waals surface area contributed by atoms with E-state index in [-0.39, 0.29) is 18.0 Å². The highest BCUT2D eigenvalue weighted by molar-refractivity contribution is 7.09. The number of amides is 1. The standard InChI is InChI=1S/C13H21N3O2S/c1-8(14)12-15-9(7-19-12)13(18)16(2)10-5-3-4-6-11(10)17/h7-8,10-11,17H,3-6,14H2,1-2H3. The molecular formula is C13H21N3O2S. The van der Waals surface area contributed by atoms with Gasteiger partial charge in [0, 0.05) is 12.4 Å². The van der Waals surface area contributed by atoms with E-state index in [0.717, 1.165) is 30.7 Å². The summed E-state index contributed by atoms with van der Waals surface area (Å²) >= 11 is 1.40. The molecule has 1 amide bonds. The van der Waals surface area contributed by atoms with E-state index in [9.17, 15) is 9.90 Å². The Labute approximate surface area is 117 Å². The minimum absolute atomic E-state index is 0.0956. The Balaban J connectivity index is 2.09. The van der Waals surface area contributed by atoms with Gasteiger partial charge in [0.25, 0.3) is 5.91 Å². The lowest BCUT2D eigenvalue weighted by molar-refractivity contribution is 0.0265. The number of carbonyl (C=O) groups excluding carboxylic acids is 1. The Kier molecular flexibility index (Phi) is 4.54. The van der Waals surface area contributed by atoms with E-state index in [1.807, 2.05) is 6.92 Å². The van der Waals surface area contributed by atoms with Gasteiger partial charge >= 0.3 is 0 Å². The lowest BCUT2D eigenvalue weighted by atomic mass is 9.91. The van der Waals surface area contributed by atoms with Crippen LogP contribution in [0.1, 0.15) is 54.1 Å². The molecule has 1 saturated carbocycles. The van der Waals surface area contributed by atoms with E-state index >= 15 is 0 Å². The van der Waals surface area contributed by atoms with E-state index in [1.54, 1.807) is 17.3 Å². The van der Waals surface area contributed by atoms with Gasteiger partial charge in [-0.15, -0.1) is 11.3 Å². The van der Waals surface area contributed by atoms with Gasteiger partial charge in [0.15, 0.2) is 0 Å². The SMILES string of the molecule is CC(N)c1nc(C(=O)N(C)C2CCCCC2O)cs1. The quantitative estimate of drug-likeness (QED) is 0.882. The van der Waals surface area contributed by atoms with Gasteiger partial charge in [-0.05, 0) is 19.8 Å². The number of hydrogen-bond acceptors (Lipinski definition) is 5. The lowest BCUT2D eigenvalue weighted by Gasteiger charge is -2.34. The first-order valence-corrected chi connectivity index (χ1v) is 7.55. The number of nitrogens with zero attached hydrogens (tertiary/aromatic N) is 2. The fraction of sp³-hybridized carbons (Fsp3) is 0.692. The molecule has 1 aromatic heterocycles. The van der Waals surface area contributed by atoms with Crippen LogP contribution in [0.3, 0.4) is 0 Å². The smallest absolute Gasteiger partial charge is 0.273 e. The van der Waals surface area contributed by atoms with Crippen molar-refractivity contribution in [1.29, 1.82) is 0 Å². The molecule has 1 heterocycles. The molecule has 3 atom stereocenters. The summed E-state index contributed by atoms with van der Waals surface area (Å²) in [6.07, 6.45) is 3.29. The van der Waals surface area contributed by atoms with Crippen molar-refractivity contribution in [2.75, 3.05) is 7.05 Å². The molecule has 3 N–H and O–H groups in total. The molecule has 0 saturated heterocycles. The summed E-state index contributed by atoms with van der Waals surface area (Å²) in [5.41, 5.74) is 6.18. The monoisotopic (exact) mass is 283 g/mol. The van der Waals surface area contributed by atoms with Crippen LogP contribution in [0.15, 0.2) is 5.38 Å². The maximum atomic E-state index is 12.3. The number of aliphatic hydroxyl groups excluding tert-OH is 1. The van der Waals surface area contributed by atoms with E-state index < -0.39 is 6.10 Å². The van der Waals surface area contributed by atoms with Gasteiger partial charge in [-0.25, -0.2) is 4.98 Å². The number of carbonyl (C=O) groups is 1. The van der Waals surface area contributed by atoms with Crippen LogP contribution in [-0.4, -0.2) is 40.1 Å². The summed E-state index contributed by atoms with van der Waals surface area (Å²) in [5.74, 6) is -0.130.